The second-order valence-corrected chi connectivity index (χ2v) is 6.13. The van der Waals surface area contributed by atoms with Crippen LogP contribution < -0.4 is 10.1 Å². The molecule has 1 heterocycles. The van der Waals surface area contributed by atoms with E-state index in [-0.39, 0.29) is 17.8 Å². The van der Waals surface area contributed by atoms with Gasteiger partial charge in [-0.3, -0.25) is 9.59 Å². The van der Waals surface area contributed by atoms with E-state index in [4.69, 9.17) is 9.47 Å². The third-order valence-corrected chi connectivity index (χ3v) is 3.62. The highest BCUT2D eigenvalue weighted by Gasteiger charge is 2.39. The van der Waals surface area contributed by atoms with E-state index in [0.29, 0.717) is 25.9 Å². The van der Waals surface area contributed by atoms with Gasteiger partial charge in [0.05, 0.1) is 12.5 Å². The van der Waals surface area contributed by atoms with Crippen LogP contribution in [0.15, 0.2) is 24.3 Å². The van der Waals surface area contributed by atoms with E-state index in [1.54, 1.807) is 12.1 Å². The van der Waals surface area contributed by atoms with Crippen LogP contribution in [0.2, 0.25) is 0 Å². The van der Waals surface area contributed by atoms with Crippen molar-refractivity contribution in [3.63, 3.8) is 0 Å². The number of hydrogen-bond donors (Lipinski definition) is 1. The van der Waals surface area contributed by atoms with Crippen molar-refractivity contribution in [3.8, 4) is 5.75 Å². The summed E-state index contributed by atoms with van der Waals surface area (Å²) in [5.41, 5.74) is 0.315. The molecule has 1 amide bonds. The number of esters is 1. The number of nitrogens with one attached hydrogen (secondary N) is 1. The van der Waals surface area contributed by atoms with Crippen molar-refractivity contribution in [2.75, 3.05) is 11.9 Å². The maximum absolute atomic E-state index is 12.0. The Morgan fingerprint density at radius 3 is 2.59 bits per heavy atom. The quantitative estimate of drug-likeness (QED) is 0.820. The van der Waals surface area contributed by atoms with E-state index in [0.717, 1.165) is 11.4 Å². The molecule has 1 fully saturated rings. The van der Waals surface area contributed by atoms with Gasteiger partial charge in [-0.2, -0.15) is 0 Å². The smallest absolute Gasteiger partial charge is 0.309 e. The van der Waals surface area contributed by atoms with Crippen molar-refractivity contribution in [1.82, 2.24) is 0 Å². The minimum Gasteiger partial charge on any atom is -0.494 e. The predicted molar refractivity (Wildman–Crippen MR) is 83.8 cm³/mol. The Kier molecular flexibility index (Phi) is 5.06. The van der Waals surface area contributed by atoms with Crippen molar-refractivity contribution >= 4 is 17.6 Å². The monoisotopic (exact) mass is 305 g/mol. The lowest BCUT2D eigenvalue weighted by atomic mass is 9.93. The van der Waals surface area contributed by atoms with Gasteiger partial charge in [0.2, 0.25) is 5.91 Å². The molecule has 1 N–H and O–H groups in total. The Morgan fingerprint density at radius 1 is 1.36 bits per heavy atom. The summed E-state index contributed by atoms with van der Waals surface area (Å²) in [4.78, 5) is 23.6. The molecule has 0 spiro atoms. The number of ether oxygens (including phenoxy) is 2. The molecule has 1 aromatic rings. The molecular weight excluding hydrogens is 282 g/mol. The van der Waals surface area contributed by atoms with Gasteiger partial charge in [0, 0.05) is 12.1 Å². The summed E-state index contributed by atoms with van der Waals surface area (Å²) >= 11 is 0. The van der Waals surface area contributed by atoms with E-state index in [1.807, 2.05) is 32.9 Å². The summed E-state index contributed by atoms with van der Waals surface area (Å²) in [6.45, 7) is 6.32. The van der Waals surface area contributed by atoms with Crippen LogP contribution in [0.4, 0.5) is 5.69 Å². The minimum atomic E-state index is -0.409. The molecule has 1 aromatic carbocycles. The summed E-state index contributed by atoms with van der Waals surface area (Å²) in [5, 5.41) is 2.82. The van der Waals surface area contributed by atoms with E-state index in [2.05, 4.69) is 5.32 Å². The molecule has 1 aliphatic rings. The molecule has 0 aliphatic carbocycles. The van der Waals surface area contributed by atoms with Crippen LogP contribution in [-0.2, 0) is 14.3 Å². The zero-order valence-corrected chi connectivity index (χ0v) is 13.3. The minimum absolute atomic E-state index is 0.0957. The first-order valence-corrected chi connectivity index (χ1v) is 7.65. The molecule has 2 rings (SSSR count). The number of carbonyl (C=O) groups is 2. The molecule has 1 aliphatic heterocycles. The average Bonchev–Trinajstić information content (AvgIpc) is 2.72. The summed E-state index contributed by atoms with van der Waals surface area (Å²) in [6, 6.07) is 7.23. The molecule has 5 heteroatoms. The van der Waals surface area contributed by atoms with E-state index in [1.165, 1.54) is 0 Å². The van der Waals surface area contributed by atoms with Crippen LogP contribution in [0.5, 0.6) is 5.75 Å². The summed E-state index contributed by atoms with van der Waals surface area (Å²) in [7, 11) is 0. The first-order valence-electron chi connectivity index (χ1n) is 7.65. The molecule has 120 valence electrons. The van der Waals surface area contributed by atoms with E-state index in [9.17, 15) is 9.59 Å². The third kappa shape index (κ3) is 4.48. The highest BCUT2D eigenvalue weighted by atomic mass is 16.6. The fourth-order valence-electron chi connectivity index (χ4n) is 2.62. The van der Waals surface area contributed by atoms with E-state index >= 15 is 0 Å². The van der Waals surface area contributed by atoms with Crippen LogP contribution >= 0.6 is 0 Å². The van der Waals surface area contributed by atoms with Crippen LogP contribution in [0.25, 0.3) is 0 Å². The van der Waals surface area contributed by atoms with Crippen molar-refractivity contribution in [1.29, 1.82) is 0 Å². The number of hydrogen-bond acceptors (Lipinski definition) is 4. The Morgan fingerprint density at radius 2 is 2.05 bits per heavy atom. The highest BCUT2D eigenvalue weighted by Crippen LogP contribution is 2.33. The molecule has 5 nitrogen and oxygen atoms in total. The molecule has 1 unspecified atom stereocenters. The lowest BCUT2D eigenvalue weighted by Gasteiger charge is -2.14. The van der Waals surface area contributed by atoms with Crippen LogP contribution in [0.3, 0.4) is 0 Å². The van der Waals surface area contributed by atoms with Crippen LogP contribution in [0, 0.1) is 5.92 Å². The molecule has 22 heavy (non-hydrogen) atoms. The Labute approximate surface area is 131 Å². The number of cyclic esters (lactones) is 1. The average molecular weight is 305 g/mol. The van der Waals surface area contributed by atoms with Crippen molar-refractivity contribution in [2.24, 2.45) is 5.92 Å². The second kappa shape index (κ2) is 6.81. The lowest BCUT2D eigenvalue weighted by Crippen LogP contribution is -2.17. The largest absolute Gasteiger partial charge is 0.494 e. The van der Waals surface area contributed by atoms with Crippen molar-refractivity contribution in [2.45, 2.75) is 45.6 Å². The fraction of sp³-hybridized carbons (Fsp3) is 0.529. The van der Waals surface area contributed by atoms with Crippen molar-refractivity contribution < 1.29 is 19.1 Å². The van der Waals surface area contributed by atoms with Gasteiger partial charge in [0.1, 0.15) is 11.4 Å². The van der Waals surface area contributed by atoms with Gasteiger partial charge in [0.15, 0.2) is 0 Å². The molecule has 0 aromatic heterocycles. The number of carbonyl (C=O) groups excluding carboxylic acids is 2. The molecule has 1 saturated heterocycles. The topological polar surface area (TPSA) is 64.6 Å². The normalized spacial score (nSPS) is 19.6. The summed E-state index contributed by atoms with van der Waals surface area (Å²) in [6.07, 6.45) is 1.50. The molecule has 0 saturated carbocycles. The van der Waals surface area contributed by atoms with Crippen LogP contribution in [-0.4, -0.2) is 24.1 Å². The van der Waals surface area contributed by atoms with Gasteiger partial charge in [0.25, 0.3) is 0 Å². The summed E-state index contributed by atoms with van der Waals surface area (Å²) in [5.74, 6) is 0.304. The molecule has 1 atom stereocenters. The van der Waals surface area contributed by atoms with Gasteiger partial charge < -0.3 is 14.8 Å². The lowest BCUT2D eigenvalue weighted by molar-refractivity contribution is -0.148. The standard InChI is InChI=1S/C17H23NO4/c1-4-21-14-8-6-13(7-9-14)18-15(19)10-5-12-11-17(2,3)22-16(12)20/h6-9,12H,4-5,10-11H2,1-3H3,(H,18,19). The summed E-state index contributed by atoms with van der Waals surface area (Å²) < 4.78 is 10.6. The first kappa shape index (κ1) is 16.3. The Hall–Kier alpha value is -2.04. The molecule has 0 radical (unpaired) electrons. The SMILES string of the molecule is CCOc1ccc(NC(=O)CCC2CC(C)(C)OC2=O)cc1. The number of benzene rings is 1. The number of anilines is 1. The first-order chi connectivity index (χ1) is 10.4. The highest BCUT2D eigenvalue weighted by molar-refractivity contribution is 5.91. The Balaban J connectivity index is 1.79. The fourth-order valence-corrected chi connectivity index (χ4v) is 2.62. The van der Waals surface area contributed by atoms with Gasteiger partial charge >= 0.3 is 5.97 Å². The number of amides is 1. The van der Waals surface area contributed by atoms with E-state index < -0.39 is 5.60 Å². The second-order valence-electron chi connectivity index (χ2n) is 6.13. The molecule has 0 bridgehead atoms. The molecular formula is C17H23NO4. The van der Waals surface area contributed by atoms with Gasteiger partial charge in [-0.25, -0.2) is 0 Å². The zero-order valence-electron chi connectivity index (χ0n) is 13.3. The van der Waals surface area contributed by atoms with Crippen LogP contribution in [0.1, 0.15) is 40.0 Å². The van der Waals surface area contributed by atoms with Gasteiger partial charge in [-0.15, -0.1) is 0 Å². The third-order valence-electron chi connectivity index (χ3n) is 3.62. The van der Waals surface area contributed by atoms with Crippen molar-refractivity contribution in [3.05, 3.63) is 24.3 Å². The zero-order chi connectivity index (χ0) is 16.2. The van der Waals surface area contributed by atoms with Gasteiger partial charge in [-0.05, 0) is 57.9 Å². The predicted octanol–water partition coefficient (Wildman–Crippen LogP) is 3.15. The van der Waals surface area contributed by atoms with Gasteiger partial charge in [-0.1, -0.05) is 0 Å². The Bertz CT molecular complexity index is 536. The number of rotatable bonds is 6. The maximum atomic E-state index is 12.0. The maximum Gasteiger partial charge on any atom is 0.309 e.